The van der Waals surface area contributed by atoms with Crippen molar-refractivity contribution in [2.45, 2.75) is 6.92 Å². The standard InChI is InChI=1S/C15H13FN2O4S/c1-9-6-7-12(23-9)14(20)22-8-13(19)18-15(21)17-11-5-3-2-4-10(11)16/h2-7H,8H2,1H3,(H2,17,18,19,21). The molecule has 0 saturated heterocycles. The first-order valence-electron chi connectivity index (χ1n) is 6.54. The van der Waals surface area contributed by atoms with Gasteiger partial charge in [-0.05, 0) is 31.2 Å². The summed E-state index contributed by atoms with van der Waals surface area (Å²) in [6.45, 7) is 1.22. The molecule has 6 nitrogen and oxygen atoms in total. The third kappa shape index (κ3) is 4.89. The summed E-state index contributed by atoms with van der Waals surface area (Å²) in [5.74, 6) is -2.09. The lowest BCUT2D eigenvalue weighted by Gasteiger charge is -2.07. The van der Waals surface area contributed by atoms with Gasteiger partial charge in [-0.15, -0.1) is 11.3 Å². The van der Waals surface area contributed by atoms with Gasteiger partial charge < -0.3 is 10.1 Å². The van der Waals surface area contributed by atoms with Crippen molar-refractivity contribution < 1.29 is 23.5 Å². The fraction of sp³-hybridized carbons (Fsp3) is 0.133. The van der Waals surface area contributed by atoms with Crippen LogP contribution in [0, 0.1) is 12.7 Å². The van der Waals surface area contributed by atoms with Crippen LogP contribution in [0.1, 0.15) is 14.5 Å². The van der Waals surface area contributed by atoms with Gasteiger partial charge in [0.1, 0.15) is 10.7 Å². The highest BCUT2D eigenvalue weighted by Crippen LogP contribution is 2.15. The van der Waals surface area contributed by atoms with Gasteiger partial charge in [-0.1, -0.05) is 12.1 Å². The first-order valence-corrected chi connectivity index (χ1v) is 7.36. The highest BCUT2D eigenvalue weighted by molar-refractivity contribution is 7.13. The topological polar surface area (TPSA) is 84.5 Å². The van der Waals surface area contributed by atoms with Gasteiger partial charge in [-0.25, -0.2) is 14.0 Å². The van der Waals surface area contributed by atoms with Crippen LogP contribution in [0.3, 0.4) is 0 Å². The third-order valence-corrected chi connectivity index (χ3v) is 3.63. The summed E-state index contributed by atoms with van der Waals surface area (Å²) in [5, 5.41) is 4.12. The van der Waals surface area contributed by atoms with Crippen LogP contribution in [0.5, 0.6) is 0 Å². The normalized spacial score (nSPS) is 10.0. The van der Waals surface area contributed by atoms with Crippen LogP contribution in [-0.4, -0.2) is 24.5 Å². The van der Waals surface area contributed by atoms with Crippen molar-refractivity contribution in [2.75, 3.05) is 11.9 Å². The zero-order valence-corrected chi connectivity index (χ0v) is 12.9. The number of para-hydroxylation sites is 1. The monoisotopic (exact) mass is 336 g/mol. The van der Waals surface area contributed by atoms with Gasteiger partial charge >= 0.3 is 12.0 Å². The predicted molar refractivity (Wildman–Crippen MR) is 82.9 cm³/mol. The number of carbonyl (C=O) groups excluding carboxylic acids is 3. The first kappa shape index (κ1) is 16.6. The van der Waals surface area contributed by atoms with Crippen LogP contribution >= 0.6 is 11.3 Å². The number of hydrogen-bond acceptors (Lipinski definition) is 5. The third-order valence-electron chi connectivity index (χ3n) is 2.65. The molecule has 1 aromatic heterocycles. The number of hydrogen-bond donors (Lipinski definition) is 2. The van der Waals surface area contributed by atoms with Crippen LogP contribution in [0.2, 0.25) is 0 Å². The van der Waals surface area contributed by atoms with Gasteiger partial charge in [0.2, 0.25) is 0 Å². The fourth-order valence-corrected chi connectivity index (χ4v) is 2.39. The number of urea groups is 1. The Hall–Kier alpha value is -2.74. The number of thiophene rings is 1. The number of ether oxygens (including phenoxy) is 1. The maximum atomic E-state index is 13.3. The van der Waals surface area contributed by atoms with Crippen molar-refractivity contribution in [2.24, 2.45) is 0 Å². The number of rotatable bonds is 4. The van der Waals surface area contributed by atoms with Crippen LogP contribution in [0.25, 0.3) is 0 Å². The zero-order chi connectivity index (χ0) is 16.8. The molecule has 3 amide bonds. The van der Waals surface area contributed by atoms with E-state index in [-0.39, 0.29) is 5.69 Å². The van der Waals surface area contributed by atoms with Gasteiger partial charge in [0, 0.05) is 4.88 Å². The van der Waals surface area contributed by atoms with Crippen molar-refractivity contribution in [1.29, 1.82) is 0 Å². The second kappa shape index (κ2) is 7.50. The van der Waals surface area contributed by atoms with Crippen molar-refractivity contribution in [3.8, 4) is 0 Å². The molecule has 0 atom stereocenters. The molecule has 0 bridgehead atoms. The van der Waals surface area contributed by atoms with Gasteiger partial charge in [0.05, 0.1) is 5.69 Å². The molecule has 1 heterocycles. The number of carbonyl (C=O) groups is 3. The van der Waals surface area contributed by atoms with E-state index >= 15 is 0 Å². The highest BCUT2D eigenvalue weighted by atomic mass is 32.1. The summed E-state index contributed by atoms with van der Waals surface area (Å²) in [6, 6.07) is 7.94. The minimum atomic E-state index is -0.914. The molecule has 2 N–H and O–H groups in total. The van der Waals surface area contributed by atoms with Gasteiger partial charge in [-0.2, -0.15) is 0 Å². The number of nitrogens with one attached hydrogen (secondary N) is 2. The first-order chi connectivity index (χ1) is 11.0. The van der Waals surface area contributed by atoms with Crippen molar-refractivity contribution >= 4 is 34.9 Å². The summed E-state index contributed by atoms with van der Waals surface area (Å²) < 4.78 is 18.1. The number of aryl methyl sites for hydroxylation is 1. The largest absolute Gasteiger partial charge is 0.451 e. The molecule has 0 spiro atoms. The second-order valence-electron chi connectivity index (χ2n) is 4.47. The Morgan fingerprint density at radius 1 is 1.17 bits per heavy atom. The maximum Gasteiger partial charge on any atom is 0.348 e. The molecule has 8 heteroatoms. The van der Waals surface area contributed by atoms with E-state index in [4.69, 9.17) is 4.74 Å². The van der Waals surface area contributed by atoms with Gasteiger partial charge in [0.25, 0.3) is 5.91 Å². The molecule has 2 rings (SSSR count). The van der Waals surface area contributed by atoms with E-state index in [2.05, 4.69) is 5.32 Å². The Balaban J connectivity index is 1.79. The molecule has 0 aliphatic rings. The van der Waals surface area contributed by atoms with Crippen LogP contribution in [-0.2, 0) is 9.53 Å². The van der Waals surface area contributed by atoms with Crippen molar-refractivity contribution in [1.82, 2.24) is 5.32 Å². The van der Waals surface area contributed by atoms with E-state index in [9.17, 15) is 18.8 Å². The molecule has 0 fully saturated rings. The summed E-state index contributed by atoms with van der Waals surface area (Å²) in [7, 11) is 0. The lowest BCUT2D eigenvalue weighted by molar-refractivity contribution is -0.123. The minimum absolute atomic E-state index is 0.0659. The van der Waals surface area contributed by atoms with E-state index in [1.165, 1.54) is 35.6 Å². The number of esters is 1. The van der Waals surface area contributed by atoms with E-state index < -0.39 is 30.3 Å². The quantitative estimate of drug-likeness (QED) is 0.841. The number of amides is 3. The van der Waals surface area contributed by atoms with Gasteiger partial charge in [-0.3, -0.25) is 10.1 Å². The highest BCUT2D eigenvalue weighted by Gasteiger charge is 2.14. The maximum absolute atomic E-state index is 13.3. The number of imide groups is 1. The van der Waals surface area contributed by atoms with Gasteiger partial charge in [0.15, 0.2) is 6.61 Å². The molecule has 0 saturated carbocycles. The molecule has 2 aromatic rings. The molecular formula is C15H13FN2O4S. The predicted octanol–water partition coefficient (Wildman–Crippen LogP) is 2.70. The fourth-order valence-electron chi connectivity index (χ4n) is 1.63. The molecule has 23 heavy (non-hydrogen) atoms. The SMILES string of the molecule is Cc1ccc(C(=O)OCC(=O)NC(=O)Nc2ccccc2F)s1. The number of benzene rings is 1. The summed E-state index contributed by atoms with van der Waals surface area (Å²) in [6.07, 6.45) is 0. The van der Waals surface area contributed by atoms with E-state index in [0.717, 1.165) is 4.88 Å². The smallest absolute Gasteiger partial charge is 0.348 e. The average Bonchev–Trinajstić information content (AvgIpc) is 2.94. The van der Waals surface area contributed by atoms with Crippen molar-refractivity contribution in [3.05, 3.63) is 52.0 Å². The Kier molecular flexibility index (Phi) is 5.42. The Morgan fingerprint density at radius 3 is 2.57 bits per heavy atom. The molecule has 0 unspecified atom stereocenters. The Morgan fingerprint density at radius 2 is 1.91 bits per heavy atom. The Labute approximate surface area is 135 Å². The molecule has 0 aliphatic heterocycles. The number of halogens is 1. The lowest BCUT2D eigenvalue weighted by Crippen LogP contribution is -2.37. The van der Waals surface area contributed by atoms with E-state index in [1.807, 2.05) is 12.2 Å². The molecule has 120 valence electrons. The second-order valence-corrected chi connectivity index (χ2v) is 5.76. The summed E-state index contributed by atoms with van der Waals surface area (Å²) in [4.78, 5) is 36.0. The Bertz CT molecular complexity index is 745. The van der Waals surface area contributed by atoms with Crippen LogP contribution in [0.4, 0.5) is 14.9 Å². The summed E-state index contributed by atoms with van der Waals surface area (Å²) >= 11 is 1.24. The molecule has 1 aromatic carbocycles. The molecular weight excluding hydrogens is 323 g/mol. The van der Waals surface area contributed by atoms with Crippen LogP contribution < -0.4 is 10.6 Å². The lowest BCUT2D eigenvalue weighted by atomic mass is 10.3. The zero-order valence-electron chi connectivity index (χ0n) is 12.1. The van der Waals surface area contributed by atoms with E-state index in [0.29, 0.717) is 4.88 Å². The average molecular weight is 336 g/mol. The summed E-state index contributed by atoms with van der Waals surface area (Å²) in [5.41, 5.74) is -0.0659. The van der Waals surface area contributed by atoms with E-state index in [1.54, 1.807) is 12.1 Å². The minimum Gasteiger partial charge on any atom is -0.451 e. The molecule has 0 radical (unpaired) electrons. The van der Waals surface area contributed by atoms with Crippen molar-refractivity contribution in [3.63, 3.8) is 0 Å². The van der Waals surface area contributed by atoms with Crippen LogP contribution in [0.15, 0.2) is 36.4 Å². The number of anilines is 1. The molecule has 0 aliphatic carbocycles.